The van der Waals surface area contributed by atoms with E-state index in [-0.39, 0.29) is 29.3 Å². The molecule has 1 N–H and O–H groups in total. The molecule has 2 saturated carbocycles. The Morgan fingerprint density at radius 1 is 1.10 bits per heavy atom. The normalized spacial score (nSPS) is 25.4. The van der Waals surface area contributed by atoms with E-state index in [1.165, 1.54) is 18.5 Å². The standard InChI is InChI=1S/C22H22ClN3O4S/c23-17-6-8-18(9-7-17)31(28,29)26(20-11-16-5-10-19(20)21(16)27)12-14-1-3-15(4-2-14)22-24-13-30-25-22/h1-4,6-9,13,16,19-21,27H,5,10-12H2. The van der Waals surface area contributed by atoms with Gasteiger partial charge in [0, 0.05) is 29.1 Å². The van der Waals surface area contributed by atoms with Crippen molar-refractivity contribution < 1.29 is 18.0 Å². The van der Waals surface area contributed by atoms with Gasteiger partial charge >= 0.3 is 0 Å². The van der Waals surface area contributed by atoms with Crippen LogP contribution in [0.5, 0.6) is 0 Å². The largest absolute Gasteiger partial charge is 0.392 e. The Bertz CT molecular complexity index is 1150. The third-order valence-electron chi connectivity index (χ3n) is 6.53. The Kier molecular flexibility index (Phi) is 5.34. The molecule has 9 heteroatoms. The van der Waals surface area contributed by atoms with Crippen LogP contribution in [0.1, 0.15) is 24.8 Å². The van der Waals surface area contributed by atoms with Gasteiger partial charge in [0.2, 0.25) is 22.2 Å². The van der Waals surface area contributed by atoms with Crippen LogP contribution < -0.4 is 0 Å². The van der Waals surface area contributed by atoms with Gasteiger partial charge in [-0.15, -0.1) is 0 Å². The van der Waals surface area contributed by atoms with E-state index in [1.54, 1.807) is 16.4 Å². The van der Waals surface area contributed by atoms with Crippen LogP contribution >= 0.6 is 11.6 Å². The molecular formula is C22H22ClN3O4S. The van der Waals surface area contributed by atoms with Gasteiger partial charge in [0.1, 0.15) is 0 Å². The van der Waals surface area contributed by atoms with Crippen LogP contribution in [0.15, 0.2) is 64.3 Å². The quantitative estimate of drug-likeness (QED) is 0.603. The lowest BCUT2D eigenvalue weighted by atomic mass is 9.95. The SMILES string of the molecule is O=S(=O)(c1ccc(Cl)cc1)N(Cc1ccc(-c2ncon2)cc1)C1CC2CCC1C2O. The molecule has 1 heterocycles. The van der Waals surface area contributed by atoms with E-state index in [2.05, 4.69) is 10.1 Å². The Morgan fingerprint density at radius 2 is 1.84 bits per heavy atom. The van der Waals surface area contributed by atoms with Crippen molar-refractivity contribution in [2.24, 2.45) is 11.8 Å². The summed E-state index contributed by atoms with van der Waals surface area (Å²) in [6.45, 7) is 0.220. The lowest BCUT2D eigenvalue weighted by molar-refractivity contribution is 0.114. The zero-order valence-corrected chi connectivity index (χ0v) is 18.2. The van der Waals surface area contributed by atoms with E-state index in [0.29, 0.717) is 17.3 Å². The summed E-state index contributed by atoms with van der Waals surface area (Å²) in [5, 5.41) is 14.9. The maximum Gasteiger partial charge on any atom is 0.243 e. The third kappa shape index (κ3) is 3.78. The highest BCUT2D eigenvalue weighted by Crippen LogP contribution is 2.48. The van der Waals surface area contributed by atoms with Crippen molar-refractivity contribution in [3.8, 4) is 11.4 Å². The van der Waals surface area contributed by atoms with Gasteiger partial charge in [-0.25, -0.2) is 8.42 Å². The van der Waals surface area contributed by atoms with Crippen LogP contribution in [-0.4, -0.2) is 40.1 Å². The first-order chi connectivity index (χ1) is 14.9. The van der Waals surface area contributed by atoms with Crippen LogP contribution in [-0.2, 0) is 16.6 Å². The molecule has 0 amide bonds. The minimum absolute atomic E-state index is 0.0364. The average molecular weight is 460 g/mol. The van der Waals surface area contributed by atoms with Gasteiger partial charge in [0.05, 0.1) is 11.0 Å². The molecule has 0 aliphatic heterocycles. The van der Waals surface area contributed by atoms with Crippen LogP contribution in [0.4, 0.5) is 0 Å². The van der Waals surface area contributed by atoms with Crippen molar-refractivity contribution in [1.29, 1.82) is 0 Å². The summed E-state index contributed by atoms with van der Waals surface area (Å²) in [5.41, 5.74) is 1.64. The van der Waals surface area contributed by atoms with E-state index in [1.807, 2.05) is 24.3 Å². The maximum absolute atomic E-state index is 13.6. The molecule has 31 heavy (non-hydrogen) atoms. The van der Waals surface area contributed by atoms with E-state index in [9.17, 15) is 13.5 Å². The number of aromatic nitrogens is 2. The Morgan fingerprint density at radius 3 is 2.42 bits per heavy atom. The Balaban J connectivity index is 1.48. The number of rotatable bonds is 6. The molecule has 0 spiro atoms. The van der Waals surface area contributed by atoms with Gasteiger partial charge in [-0.05, 0) is 55.0 Å². The highest BCUT2D eigenvalue weighted by atomic mass is 35.5. The fourth-order valence-electron chi connectivity index (χ4n) is 4.95. The third-order valence-corrected chi connectivity index (χ3v) is 8.67. The zero-order valence-electron chi connectivity index (χ0n) is 16.6. The number of nitrogens with zero attached hydrogens (tertiary/aromatic N) is 3. The number of fused-ring (bicyclic) bond motifs is 2. The van der Waals surface area contributed by atoms with Crippen molar-refractivity contribution in [2.45, 2.75) is 42.8 Å². The second-order valence-corrected chi connectivity index (χ2v) is 10.6. The summed E-state index contributed by atoms with van der Waals surface area (Å²) in [6.07, 6.45) is 3.31. The minimum atomic E-state index is -3.77. The summed E-state index contributed by atoms with van der Waals surface area (Å²) in [5.74, 6) is 0.609. The molecule has 5 rings (SSSR count). The van der Waals surface area contributed by atoms with E-state index in [4.69, 9.17) is 16.1 Å². The van der Waals surface area contributed by atoms with Crippen molar-refractivity contribution in [3.05, 3.63) is 65.5 Å². The van der Waals surface area contributed by atoms with E-state index in [0.717, 1.165) is 24.0 Å². The lowest BCUT2D eigenvalue weighted by Gasteiger charge is -2.33. The molecular weight excluding hydrogens is 438 g/mol. The fourth-order valence-corrected chi connectivity index (χ4v) is 6.75. The molecule has 3 aromatic rings. The fraction of sp³-hybridized carbons (Fsp3) is 0.364. The molecule has 0 radical (unpaired) electrons. The first kappa shape index (κ1) is 20.6. The first-order valence-corrected chi connectivity index (χ1v) is 12.1. The lowest BCUT2D eigenvalue weighted by Crippen LogP contribution is -2.43. The van der Waals surface area contributed by atoms with Crippen molar-refractivity contribution in [1.82, 2.24) is 14.4 Å². The summed E-state index contributed by atoms with van der Waals surface area (Å²) in [6, 6.07) is 13.5. The van der Waals surface area contributed by atoms with Crippen LogP contribution in [0.3, 0.4) is 0 Å². The Hall–Kier alpha value is -2.26. The molecule has 4 unspecified atom stereocenters. The molecule has 162 valence electrons. The monoisotopic (exact) mass is 459 g/mol. The number of benzene rings is 2. The zero-order chi connectivity index (χ0) is 21.6. The molecule has 0 saturated heterocycles. The van der Waals surface area contributed by atoms with Crippen LogP contribution in [0.25, 0.3) is 11.4 Å². The second-order valence-electron chi connectivity index (χ2n) is 8.25. The number of halogens is 1. The van der Waals surface area contributed by atoms with Crippen molar-refractivity contribution in [3.63, 3.8) is 0 Å². The molecule has 1 aromatic heterocycles. The van der Waals surface area contributed by atoms with E-state index < -0.39 is 16.1 Å². The number of hydrogen-bond acceptors (Lipinski definition) is 6. The van der Waals surface area contributed by atoms with Crippen molar-refractivity contribution in [2.75, 3.05) is 0 Å². The Labute approximate surface area is 185 Å². The molecule has 7 nitrogen and oxygen atoms in total. The smallest absolute Gasteiger partial charge is 0.243 e. The number of aliphatic hydroxyl groups is 1. The van der Waals surface area contributed by atoms with Gasteiger partial charge in [-0.2, -0.15) is 9.29 Å². The highest BCUT2D eigenvalue weighted by Gasteiger charge is 2.51. The molecule has 2 aromatic carbocycles. The first-order valence-electron chi connectivity index (χ1n) is 10.2. The average Bonchev–Trinajstić information content (AvgIpc) is 3.50. The molecule has 4 atom stereocenters. The minimum Gasteiger partial charge on any atom is -0.392 e. The number of hydrogen-bond donors (Lipinski definition) is 1. The molecule has 2 aliphatic carbocycles. The van der Waals surface area contributed by atoms with Crippen LogP contribution in [0.2, 0.25) is 5.02 Å². The van der Waals surface area contributed by atoms with E-state index >= 15 is 0 Å². The van der Waals surface area contributed by atoms with Crippen LogP contribution in [0, 0.1) is 11.8 Å². The van der Waals surface area contributed by atoms with Crippen molar-refractivity contribution >= 4 is 21.6 Å². The summed E-state index contributed by atoms with van der Waals surface area (Å²) in [4.78, 5) is 4.24. The number of sulfonamides is 1. The summed E-state index contributed by atoms with van der Waals surface area (Å²) >= 11 is 5.97. The van der Waals surface area contributed by atoms with Gasteiger partial charge < -0.3 is 9.63 Å². The number of aliphatic hydroxyl groups excluding tert-OH is 1. The molecule has 2 aliphatic rings. The predicted octanol–water partition coefficient (Wildman–Crippen LogP) is 3.74. The maximum atomic E-state index is 13.6. The van der Waals surface area contributed by atoms with Gasteiger partial charge in [-0.3, -0.25) is 0 Å². The molecule has 2 bridgehead atoms. The summed E-state index contributed by atoms with van der Waals surface area (Å²) in [7, 11) is -3.77. The second kappa shape index (κ2) is 8.02. The van der Waals surface area contributed by atoms with Gasteiger partial charge in [0.15, 0.2) is 0 Å². The van der Waals surface area contributed by atoms with Gasteiger partial charge in [0.25, 0.3) is 0 Å². The predicted molar refractivity (Wildman–Crippen MR) is 115 cm³/mol. The van der Waals surface area contributed by atoms with Gasteiger partial charge in [-0.1, -0.05) is 41.0 Å². The highest BCUT2D eigenvalue weighted by molar-refractivity contribution is 7.89. The summed E-state index contributed by atoms with van der Waals surface area (Å²) < 4.78 is 33.6. The molecule has 2 fully saturated rings. The topological polar surface area (TPSA) is 96.5 Å².